The van der Waals surface area contributed by atoms with E-state index < -0.39 is 27.4 Å². The average Bonchev–Trinajstić information content (AvgIpc) is 3.13. The Labute approximate surface area is 179 Å². The van der Waals surface area contributed by atoms with Crippen LogP contribution in [0.4, 0.5) is 4.79 Å². The zero-order chi connectivity index (χ0) is 22.6. The standard InChI is InChI=1S/C20H23N5O5S/c1-19(2,3)12-25-14(8-13-10-22-15(9-21)23-16(13)25)11-24-17(26)20(30-18(24)27)4-6-31(28,29)7-5-20/h8,10H,4-7,11-12H2,1-3H3. The summed E-state index contributed by atoms with van der Waals surface area (Å²) in [4.78, 5) is 35.1. The molecule has 0 saturated carbocycles. The lowest BCUT2D eigenvalue weighted by Gasteiger charge is -2.28. The molecule has 2 amide bonds. The maximum atomic E-state index is 13.1. The van der Waals surface area contributed by atoms with Crippen LogP contribution in [0.1, 0.15) is 45.1 Å². The van der Waals surface area contributed by atoms with Crippen molar-refractivity contribution in [2.45, 2.75) is 52.3 Å². The number of hydrogen-bond donors (Lipinski definition) is 0. The van der Waals surface area contributed by atoms with E-state index in [4.69, 9.17) is 10.00 Å². The van der Waals surface area contributed by atoms with Crippen molar-refractivity contribution in [3.63, 3.8) is 0 Å². The van der Waals surface area contributed by atoms with Gasteiger partial charge in [-0.1, -0.05) is 20.8 Å². The predicted octanol–water partition coefficient (Wildman–Crippen LogP) is 1.78. The number of hydrogen-bond acceptors (Lipinski definition) is 8. The summed E-state index contributed by atoms with van der Waals surface area (Å²) >= 11 is 0. The highest BCUT2D eigenvalue weighted by Gasteiger charge is 2.56. The molecular weight excluding hydrogens is 422 g/mol. The quantitative estimate of drug-likeness (QED) is 0.697. The van der Waals surface area contributed by atoms with E-state index in [1.165, 1.54) is 0 Å². The van der Waals surface area contributed by atoms with E-state index >= 15 is 0 Å². The maximum Gasteiger partial charge on any atom is 0.418 e. The molecule has 0 aliphatic carbocycles. The fourth-order valence-corrected chi connectivity index (χ4v) is 5.49. The highest BCUT2D eigenvalue weighted by atomic mass is 32.2. The van der Waals surface area contributed by atoms with Crippen LogP contribution in [-0.4, -0.2) is 57.0 Å². The van der Waals surface area contributed by atoms with Gasteiger partial charge in [0.2, 0.25) is 5.82 Å². The Kier molecular flexibility index (Phi) is 4.81. The molecular formula is C20H23N5O5S. The minimum atomic E-state index is -3.22. The van der Waals surface area contributed by atoms with Crippen LogP contribution in [0.25, 0.3) is 11.0 Å². The van der Waals surface area contributed by atoms with Gasteiger partial charge in [0, 0.05) is 36.7 Å². The Balaban J connectivity index is 1.70. The molecule has 2 aromatic heterocycles. The van der Waals surface area contributed by atoms with Gasteiger partial charge < -0.3 is 9.30 Å². The van der Waals surface area contributed by atoms with Gasteiger partial charge >= 0.3 is 6.09 Å². The second kappa shape index (κ2) is 7.02. The summed E-state index contributed by atoms with van der Waals surface area (Å²) in [6, 6.07) is 3.72. The van der Waals surface area contributed by atoms with Crippen molar-refractivity contribution in [3.8, 4) is 6.07 Å². The number of sulfone groups is 1. The van der Waals surface area contributed by atoms with Crippen LogP contribution < -0.4 is 0 Å². The van der Waals surface area contributed by atoms with Crippen LogP contribution in [0.2, 0.25) is 0 Å². The molecule has 0 bridgehead atoms. The monoisotopic (exact) mass is 445 g/mol. The van der Waals surface area contributed by atoms with Crippen molar-refractivity contribution in [2.24, 2.45) is 5.41 Å². The first-order chi connectivity index (χ1) is 14.4. The number of nitriles is 1. The molecule has 4 heterocycles. The molecule has 0 unspecified atom stereocenters. The first-order valence-electron chi connectivity index (χ1n) is 9.94. The largest absolute Gasteiger partial charge is 0.432 e. The molecule has 2 saturated heterocycles. The molecule has 4 rings (SSSR count). The molecule has 31 heavy (non-hydrogen) atoms. The van der Waals surface area contributed by atoms with E-state index in [-0.39, 0.29) is 42.1 Å². The number of carbonyl (C=O) groups excluding carboxylic acids is 2. The number of imide groups is 1. The fraction of sp³-hybridized carbons (Fsp3) is 0.550. The van der Waals surface area contributed by atoms with Gasteiger partial charge in [0.1, 0.15) is 11.7 Å². The van der Waals surface area contributed by atoms with E-state index in [2.05, 4.69) is 9.97 Å². The minimum Gasteiger partial charge on any atom is -0.432 e. The summed E-state index contributed by atoms with van der Waals surface area (Å²) < 4.78 is 30.9. The molecule has 0 aromatic carbocycles. The molecule has 2 aromatic rings. The van der Waals surface area contributed by atoms with Crippen LogP contribution in [0, 0.1) is 16.7 Å². The Bertz CT molecular complexity index is 1220. The van der Waals surface area contributed by atoms with Gasteiger partial charge in [0.05, 0.1) is 18.1 Å². The smallest absolute Gasteiger partial charge is 0.418 e. The summed E-state index contributed by atoms with van der Waals surface area (Å²) in [5.41, 5.74) is -0.348. The van der Waals surface area contributed by atoms with Crippen LogP contribution >= 0.6 is 0 Å². The summed E-state index contributed by atoms with van der Waals surface area (Å²) in [5.74, 6) is -0.844. The second-order valence-corrected chi connectivity index (χ2v) is 11.6. The molecule has 1 spiro atoms. The van der Waals surface area contributed by atoms with Crippen molar-refractivity contribution in [1.82, 2.24) is 19.4 Å². The number of ether oxygens (including phenoxy) is 1. The molecule has 0 atom stereocenters. The zero-order valence-corrected chi connectivity index (χ0v) is 18.4. The van der Waals surface area contributed by atoms with Crippen molar-refractivity contribution >= 4 is 32.9 Å². The van der Waals surface area contributed by atoms with Gasteiger partial charge in [-0.2, -0.15) is 5.26 Å². The van der Waals surface area contributed by atoms with Crippen LogP contribution in [0.15, 0.2) is 12.3 Å². The minimum absolute atomic E-state index is 0.0294. The van der Waals surface area contributed by atoms with Crippen molar-refractivity contribution in [3.05, 3.63) is 23.8 Å². The van der Waals surface area contributed by atoms with Crippen molar-refractivity contribution < 1.29 is 22.7 Å². The Morgan fingerprint density at radius 2 is 1.94 bits per heavy atom. The first kappa shape index (κ1) is 21.2. The van der Waals surface area contributed by atoms with Gasteiger partial charge in [-0.3, -0.25) is 4.79 Å². The molecule has 164 valence electrons. The lowest BCUT2D eigenvalue weighted by Crippen LogP contribution is -2.46. The number of carbonyl (C=O) groups is 2. The normalized spacial score (nSPS) is 20.3. The van der Waals surface area contributed by atoms with Gasteiger partial charge in [0.15, 0.2) is 15.4 Å². The molecule has 10 nitrogen and oxygen atoms in total. The van der Waals surface area contributed by atoms with Crippen LogP contribution in [0.5, 0.6) is 0 Å². The lowest BCUT2D eigenvalue weighted by atomic mass is 9.95. The molecule has 0 N–H and O–H groups in total. The van der Waals surface area contributed by atoms with E-state index in [0.29, 0.717) is 23.3 Å². The number of nitrogens with zero attached hydrogens (tertiary/aromatic N) is 5. The number of fused-ring (bicyclic) bond motifs is 1. The Hall–Kier alpha value is -3.00. The highest BCUT2D eigenvalue weighted by Crippen LogP contribution is 2.36. The third-order valence-electron chi connectivity index (χ3n) is 5.54. The molecule has 2 fully saturated rings. The highest BCUT2D eigenvalue weighted by molar-refractivity contribution is 7.91. The molecule has 11 heteroatoms. The third-order valence-corrected chi connectivity index (χ3v) is 7.20. The molecule has 2 aliphatic heterocycles. The summed E-state index contributed by atoms with van der Waals surface area (Å²) in [5, 5.41) is 9.85. The van der Waals surface area contributed by atoms with Crippen molar-refractivity contribution in [2.75, 3.05) is 11.5 Å². The predicted molar refractivity (Wildman–Crippen MR) is 109 cm³/mol. The first-order valence-corrected chi connectivity index (χ1v) is 11.8. The number of aromatic nitrogens is 3. The average molecular weight is 446 g/mol. The van der Waals surface area contributed by atoms with Crippen LogP contribution in [0.3, 0.4) is 0 Å². The number of amides is 2. The Morgan fingerprint density at radius 1 is 1.26 bits per heavy atom. The van der Waals surface area contributed by atoms with E-state index in [0.717, 1.165) is 4.90 Å². The summed E-state index contributed by atoms with van der Waals surface area (Å²) in [6.45, 7) is 6.62. The fourth-order valence-electron chi connectivity index (χ4n) is 4.01. The second-order valence-electron chi connectivity index (χ2n) is 9.27. The molecule has 0 radical (unpaired) electrons. The van der Waals surface area contributed by atoms with Gasteiger partial charge in [0.25, 0.3) is 5.91 Å². The van der Waals surface area contributed by atoms with Gasteiger partial charge in [-0.15, -0.1) is 0 Å². The maximum absolute atomic E-state index is 13.1. The van der Waals surface area contributed by atoms with Gasteiger partial charge in [-0.25, -0.2) is 28.1 Å². The van der Waals surface area contributed by atoms with Gasteiger partial charge in [-0.05, 0) is 11.5 Å². The van der Waals surface area contributed by atoms with Crippen LogP contribution in [-0.2, 0) is 32.5 Å². The molecule has 2 aliphatic rings. The zero-order valence-electron chi connectivity index (χ0n) is 17.6. The summed E-state index contributed by atoms with van der Waals surface area (Å²) in [6.07, 6.45) is 0.707. The third kappa shape index (κ3) is 3.87. The van der Waals surface area contributed by atoms with E-state index in [1.54, 1.807) is 12.3 Å². The SMILES string of the molecule is CC(C)(C)Cn1c(CN2C(=O)OC3(CCS(=O)(=O)CC3)C2=O)cc2cnc(C#N)nc21. The number of rotatable bonds is 3. The van der Waals surface area contributed by atoms with Crippen molar-refractivity contribution in [1.29, 1.82) is 5.26 Å². The lowest BCUT2D eigenvalue weighted by molar-refractivity contribution is -0.137. The topological polar surface area (TPSA) is 135 Å². The van der Waals surface area contributed by atoms with E-state index in [9.17, 15) is 18.0 Å². The summed E-state index contributed by atoms with van der Waals surface area (Å²) in [7, 11) is -3.22. The Morgan fingerprint density at radius 3 is 2.55 bits per heavy atom. The van der Waals surface area contributed by atoms with E-state index in [1.807, 2.05) is 31.4 Å².